The normalized spacial score (nSPS) is 12.7. The lowest BCUT2D eigenvalue weighted by Gasteiger charge is -2.09. The fourth-order valence-corrected chi connectivity index (χ4v) is 2.06. The van der Waals surface area contributed by atoms with Gasteiger partial charge in [0, 0.05) is 29.4 Å². The molecule has 0 aliphatic heterocycles. The summed E-state index contributed by atoms with van der Waals surface area (Å²) in [5.41, 5.74) is 9.14. The Labute approximate surface area is 106 Å². The van der Waals surface area contributed by atoms with Gasteiger partial charge >= 0.3 is 0 Å². The van der Waals surface area contributed by atoms with Crippen LogP contribution in [0.2, 0.25) is 0 Å². The molecule has 1 aromatic carbocycles. The minimum atomic E-state index is -0.238. The van der Waals surface area contributed by atoms with Crippen molar-refractivity contribution in [1.82, 2.24) is 9.78 Å². The van der Waals surface area contributed by atoms with E-state index in [1.807, 2.05) is 31.5 Å². The Morgan fingerprint density at radius 1 is 1.39 bits per heavy atom. The van der Waals surface area contributed by atoms with Crippen molar-refractivity contribution in [2.24, 2.45) is 5.73 Å². The van der Waals surface area contributed by atoms with E-state index in [2.05, 4.69) is 5.10 Å². The lowest BCUT2D eigenvalue weighted by molar-refractivity contribution is 0.628. The van der Waals surface area contributed by atoms with Gasteiger partial charge in [0.15, 0.2) is 0 Å². The molecular weight excluding hydrogens is 229 g/mol. The second-order valence-electron chi connectivity index (χ2n) is 4.49. The third-order valence-corrected chi connectivity index (χ3v) is 3.21. The van der Waals surface area contributed by atoms with Gasteiger partial charge in [-0.15, -0.1) is 0 Å². The molecule has 0 radical (unpaired) electrons. The van der Waals surface area contributed by atoms with Gasteiger partial charge in [-0.3, -0.25) is 4.68 Å². The number of hydrogen-bond acceptors (Lipinski definition) is 2. The number of nitrogens with two attached hydrogens (primary N) is 1. The zero-order valence-electron chi connectivity index (χ0n) is 10.9. The van der Waals surface area contributed by atoms with E-state index in [9.17, 15) is 4.39 Å². The van der Waals surface area contributed by atoms with E-state index in [1.165, 1.54) is 6.07 Å². The third kappa shape index (κ3) is 2.16. The Morgan fingerprint density at radius 3 is 2.67 bits per heavy atom. The largest absolute Gasteiger partial charge is 0.324 e. The molecule has 96 valence electrons. The summed E-state index contributed by atoms with van der Waals surface area (Å²) >= 11 is 0. The Balaban J connectivity index is 2.55. The first-order valence-corrected chi connectivity index (χ1v) is 6.12. The number of aryl methyl sites for hydroxylation is 1. The van der Waals surface area contributed by atoms with Crippen molar-refractivity contribution < 1.29 is 4.39 Å². The van der Waals surface area contributed by atoms with Crippen LogP contribution >= 0.6 is 0 Å². The molecule has 1 unspecified atom stereocenters. The van der Waals surface area contributed by atoms with E-state index < -0.39 is 0 Å². The van der Waals surface area contributed by atoms with Crippen LogP contribution in [0, 0.1) is 12.7 Å². The smallest absolute Gasteiger partial charge is 0.131 e. The number of benzene rings is 1. The van der Waals surface area contributed by atoms with Crippen molar-refractivity contribution in [3.8, 4) is 11.1 Å². The molecule has 0 spiro atoms. The van der Waals surface area contributed by atoms with Gasteiger partial charge in [0.25, 0.3) is 0 Å². The van der Waals surface area contributed by atoms with Gasteiger partial charge in [0.05, 0.1) is 6.20 Å². The molecule has 2 N–H and O–H groups in total. The van der Waals surface area contributed by atoms with Crippen LogP contribution in [0.1, 0.15) is 31.1 Å². The topological polar surface area (TPSA) is 43.8 Å². The lowest BCUT2D eigenvalue weighted by Crippen LogP contribution is -2.05. The third-order valence-electron chi connectivity index (χ3n) is 3.21. The van der Waals surface area contributed by atoms with Crippen LogP contribution in [0.5, 0.6) is 0 Å². The van der Waals surface area contributed by atoms with Crippen LogP contribution in [0.15, 0.2) is 24.4 Å². The average Bonchev–Trinajstić information content (AvgIpc) is 2.70. The number of hydrogen-bond donors (Lipinski definition) is 1. The summed E-state index contributed by atoms with van der Waals surface area (Å²) in [6, 6.07) is 4.90. The van der Waals surface area contributed by atoms with E-state index >= 15 is 0 Å². The summed E-state index contributed by atoms with van der Waals surface area (Å²) in [6.07, 6.45) is 1.71. The average molecular weight is 247 g/mol. The maximum atomic E-state index is 13.9. The van der Waals surface area contributed by atoms with Gasteiger partial charge in [0.2, 0.25) is 0 Å². The van der Waals surface area contributed by atoms with Gasteiger partial charge in [-0.2, -0.15) is 5.10 Å². The molecule has 0 saturated carbocycles. The van der Waals surface area contributed by atoms with Crippen molar-refractivity contribution in [2.45, 2.75) is 33.4 Å². The molecule has 0 bridgehead atoms. The van der Waals surface area contributed by atoms with Crippen molar-refractivity contribution in [2.75, 3.05) is 0 Å². The molecule has 0 aliphatic rings. The first-order valence-electron chi connectivity index (χ1n) is 6.12. The van der Waals surface area contributed by atoms with Gasteiger partial charge < -0.3 is 5.73 Å². The SMILES string of the molecule is CCn1ncc(-c2cc(C(C)N)ccc2F)c1C. The van der Waals surface area contributed by atoms with Crippen LogP contribution < -0.4 is 5.73 Å². The highest BCUT2D eigenvalue weighted by Gasteiger charge is 2.13. The van der Waals surface area contributed by atoms with Crippen LogP contribution in [-0.2, 0) is 6.54 Å². The van der Waals surface area contributed by atoms with E-state index in [0.29, 0.717) is 5.56 Å². The van der Waals surface area contributed by atoms with Crippen molar-refractivity contribution in [3.63, 3.8) is 0 Å². The van der Waals surface area contributed by atoms with E-state index in [0.717, 1.165) is 23.4 Å². The highest BCUT2D eigenvalue weighted by Crippen LogP contribution is 2.28. The molecule has 3 nitrogen and oxygen atoms in total. The maximum absolute atomic E-state index is 13.9. The summed E-state index contributed by atoms with van der Waals surface area (Å²) in [4.78, 5) is 0. The van der Waals surface area contributed by atoms with E-state index in [1.54, 1.807) is 12.3 Å². The molecular formula is C14H18FN3. The molecule has 4 heteroatoms. The highest BCUT2D eigenvalue weighted by atomic mass is 19.1. The van der Waals surface area contributed by atoms with E-state index in [4.69, 9.17) is 5.73 Å². The maximum Gasteiger partial charge on any atom is 0.131 e. The predicted octanol–water partition coefficient (Wildman–Crippen LogP) is 3.04. The lowest BCUT2D eigenvalue weighted by atomic mass is 10.0. The fraction of sp³-hybridized carbons (Fsp3) is 0.357. The zero-order valence-corrected chi connectivity index (χ0v) is 10.9. The molecule has 0 fully saturated rings. The monoisotopic (exact) mass is 247 g/mol. The summed E-state index contributed by atoms with van der Waals surface area (Å²) in [5, 5.41) is 4.24. The number of halogens is 1. The molecule has 1 aromatic heterocycles. The fourth-order valence-electron chi connectivity index (χ4n) is 2.06. The Hall–Kier alpha value is -1.68. The molecule has 1 heterocycles. The van der Waals surface area contributed by atoms with Gasteiger partial charge in [-0.1, -0.05) is 6.07 Å². The summed E-state index contributed by atoms with van der Waals surface area (Å²) in [6.45, 7) is 6.63. The molecule has 2 aromatic rings. The Morgan fingerprint density at radius 2 is 2.11 bits per heavy atom. The molecule has 0 aliphatic carbocycles. The van der Waals surface area contributed by atoms with Crippen LogP contribution in [-0.4, -0.2) is 9.78 Å². The summed E-state index contributed by atoms with van der Waals surface area (Å²) in [7, 11) is 0. The van der Waals surface area contributed by atoms with E-state index in [-0.39, 0.29) is 11.9 Å². The first kappa shape index (κ1) is 12.8. The highest BCUT2D eigenvalue weighted by molar-refractivity contribution is 5.66. The number of rotatable bonds is 3. The van der Waals surface area contributed by atoms with Crippen LogP contribution in [0.3, 0.4) is 0 Å². The minimum absolute atomic E-state index is 0.106. The Bertz CT molecular complexity index is 558. The predicted molar refractivity (Wildman–Crippen MR) is 70.6 cm³/mol. The molecule has 2 rings (SSSR count). The standard InChI is InChI=1S/C14H18FN3/c1-4-18-10(3)13(8-17-18)12-7-11(9(2)16)5-6-14(12)15/h5-9H,4,16H2,1-3H3. The first-order chi connectivity index (χ1) is 8.54. The quantitative estimate of drug-likeness (QED) is 0.906. The second kappa shape index (κ2) is 4.90. The molecule has 0 amide bonds. The van der Waals surface area contributed by atoms with Gasteiger partial charge in [-0.05, 0) is 38.5 Å². The zero-order chi connectivity index (χ0) is 13.3. The van der Waals surface area contributed by atoms with Crippen molar-refractivity contribution in [3.05, 3.63) is 41.5 Å². The molecule has 0 saturated heterocycles. The second-order valence-corrected chi connectivity index (χ2v) is 4.49. The van der Waals surface area contributed by atoms with Crippen LogP contribution in [0.25, 0.3) is 11.1 Å². The number of aromatic nitrogens is 2. The molecule has 1 atom stereocenters. The summed E-state index contributed by atoms with van der Waals surface area (Å²) in [5.74, 6) is -0.238. The van der Waals surface area contributed by atoms with Crippen molar-refractivity contribution >= 4 is 0 Å². The minimum Gasteiger partial charge on any atom is -0.324 e. The summed E-state index contributed by atoms with van der Waals surface area (Å²) < 4.78 is 15.8. The van der Waals surface area contributed by atoms with Crippen LogP contribution in [0.4, 0.5) is 4.39 Å². The Kier molecular flexibility index (Phi) is 3.48. The van der Waals surface area contributed by atoms with Gasteiger partial charge in [-0.25, -0.2) is 4.39 Å². The van der Waals surface area contributed by atoms with Gasteiger partial charge in [0.1, 0.15) is 5.82 Å². The van der Waals surface area contributed by atoms with Crippen molar-refractivity contribution in [1.29, 1.82) is 0 Å². The molecule has 18 heavy (non-hydrogen) atoms. The number of nitrogens with zero attached hydrogens (tertiary/aromatic N) is 2.